The number of likely N-dealkylation sites (N-methyl/N-ethyl adjacent to an activating group) is 1. The second-order valence-corrected chi connectivity index (χ2v) is 8.18. The smallest absolute Gasteiger partial charge is 0.155 e. The first-order valence-corrected chi connectivity index (χ1v) is 10.0. The molecule has 0 bridgehead atoms. The lowest BCUT2D eigenvalue weighted by molar-refractivity contribution is 0.196. The van der Waals surface area contributed by atoms with Gasteiger partial charge < -0.3 is 9.47 Å². The highest BCUT2D eigenvalue weighted by Gasteiger charge is 2.40. The van der Waals surface area contributed by atoms with Crippen molar-refractivity contribution in [3.8, 4) is 22.5 Å². The molecule has 0 spiro atoms. The maximum absolute atomic E-state index is 13.5. The molecule has 6 rings (SSSR count). The highest BCUT2D eigenvalue weighted by atomic mass is 19.1. The number of hydrogen-bond donors (Lipinski definition) is 0. The van der Waals surface area contributed by atoms with Crippen molar-refractivity contribution in [1.82, 2.24) is 29.0 Å². The second-order valence-electron chi connectivity index (χ2n) is 8.18. The lowest BCUT2D eigenvalue weighted by atomic mass is 9.88. The number of pyridine rings is 1. The van der Waals surface area contributed by atoms with Crippen molar-refractivity contribution < 1.29 is 4.39 Å². The number of likely N-dealkylation sites (tertiary alicyclic amines) is 1. The summed E-state index contributed by atoms with van der Waals surface area (Å²) >= 11 is 0. The summed E-state index contributed by atoms with van der Waals surface area (Å²) in [7, 11) is 2.18. The van der Waals surface area contributed by atoms with Crippen molar-refractivity contribution in [2.24, 2.45) is 5.92 Å². The Morgan fingerprint density at radius 1 is 1.03 bits per heavy atom. The topological polar surface area (TPSA) is 51.2 Å². The van der Waals surface area contributed by atoms with E-state index in [0.717, 1.165) is 53.6 Å². The summed E-state index contributed by atoms with van der Waals surface area (Å²) in [5.41, 5.74) is 4.79. The molecular formula is C22H21FN6. The van der Waals surface area contributed by atoms with E-state index in [-0.39, 0.29) is 5.82 Å². The van der Waals surface area contributed by atoms with Crippen LogP contribution in [0.25, 0.3) is 28.2 Å². The minimum absolute atomic E-state index is 0.236. The van der Waals surface area contributed by atoms with Gasteiger partial charge in [-0.3, -0.25) is 0 Å². The van der Waals surface area contributed by atoms with Gasteiger partial charge in [0.05, 0.1) is 11.4 Å². The van der Waals surface area contributed by atoms with Crippen LogP contribution in [-0.4, -0.2) is 49.2 Å². The predicted molar refractivity (Wildman–Crippen MR) is 108 cm³/mol. The van der Waals surface area contributed by atoms with Crippen LogP contribution in [0, 0.1) is 11.7 Å². The van der Waals surface area contributed by atoms with Crippen molar-refractivity contribution in [3.05, 3.63) is 60.6 Å². The number of nitrogens with zero attached hydrogens (tertiary/aromatic N) is 6. The quantitative estimate of drug-likeness (QED) is 0.528. The first-order valence-electron chi connectivity index (χ1n) is 10.0. The molecule has 6 nitrogen and oxygen atoms in total. The zero-order valence-corrected chi connectivity index (χ0v) is 16.2. The maximum atomic E-state index is 13.5. The largest absolute Gasteiger partial charge is 0.327 e. The molecule has 0 saturated carbocycles. The van der Waals surface area contributed by atoms with Gasteiger partial charge >= 0.3 is 0 Å². The van der Waals surface area contributed by atoms with Gasteiger partial charge in [-0.25, -0.2) is 18.9 Å². The highest BCUT2D eigenvalue weighted by molar-refractivity contribution is 5.79. The molecule has 2 unspecified atom stereocenters. The Labute approximate surface area is 167 Å². The van der Waals surface area contributed by atoms with E-state index in [1.165, 1.54) is 18.6 Å². The molecule has 2 aliphatic heterocycles. The minimum Gasteiger partial charge on any atom is -0.327 e. The van der Waals surface area contributed by atoms with E-state index < -0.39 is 0 Å². The van der Waals surface area contributed by atoms with Gasteiger partial charge in [0, 0.05) is 36.3 Å². The molecule has 1 fully saturated rings. The van der Waals surface area contributed by atoms with Crippen LogP contribution in [-0.2, 0) is 6.54 Å². The van der Waals surface area contributed by atoms with Gasteiger partial charge in [0.15, 0.2) is 5.65 Å². The lowest BCUT2D eigenvalue weighted by Gasteiger charge is -2.31. The lowest BCUT2D eigenvalue weighted by Crippen LogP contribution is -2.35. The Balaban J connectivity index is 1.56. The van der Waals surface area contributed by atoms with Crippen LogP contribution in [0.5, 0.6) is 0 Å². The van der Waals surface area contributed by atoms with E-state index in [2.05, 4.69) is 32.7 Å². The molecule has 5 heterocycles. The van der Waals surface area contributed by atoms with Crippen molar-refractivity contribution >= 4 is 5.65 Å². The van der Waals surface area contributed by atoms with E-state index in [4.69, 9.17) is 4.98 Å². The van der Waals surface area contributed by atoms with Crippen molar-refractivity contribution in [2.75, 3.05) is 20.1 Å². The molecule has 2 atom stereocenters. The zero-order chi connectivity index (χ0) is 19.5. The van der Waals surface area contributed by atoms with Gasteiger partial charge in [0.2, 0.25) is 0 Å². The van der Waals surface area contributed by atoms with Gasteiger partial charge in [-0.15, -0.1) is 0 Å². The molecular weight excluding hydrogens is 367 g/mol. The third kappa shape index (κ3) is 2.61. The first-order chi connectivity index (χ1) is 14.2. The van der Waals surface area contributed by atoms with E-state index in [1.54, 1.807) is 10.8 Å². The SMILES string of the molecule is CN1CCC2Cn3c(nc(-c4ccc(F)cc4)c3-c3ccc4ncnn4c3)C2C1. The van der Waals surface area contributed by atoms with Gasteiger partial charge in [0.25, 0.3) is 0 Å². The molecule has 3 aromatic heterocycles. The summed E-state index contributed by atoms with van der Waals surface area (Å²) < 4.78 is 17.7. The summed E-state index contributed by atoms with van der Waals surface area (Å²) in [6.07, 6.45) is 4.76. The number of benzene rings is 1. The molecule has 1 saturated heterocycles. The van der Waals surface area contributed by atoms with Crippen LogP contribution in [0.1, 0.15) is 18.2 Å². The van der Waals surface area contributed by atoms with E-state index in [0.29, 0.717) is 11.8 Å². The average Bonchev–Trinajstić information content (AvgIpc) is 3.41. The Bertz CT molecular complexity index is 1210. The third-order valence-corrected chi connectivity index (χ3v) is 6.37. The normalized spacial score (nSPS) is 21.4. The number of hydrogen-bond acceptors (Lipinski definition) is 4. The summed E-state index contributed by atoms with van der Waals surface area (Å²) in [6.45, 7) is 3.15. The Kier molecular flexibility index (Phi) is 3.61. The van der Waals surface area contributed by atoms with Crippen LogP contribution >= 0.6 is 0 Å². The molecule has 7 heteroatoms. The van der Waals surface area contributed by atoms with Gasteiger partial charge in [-0.1, -0.05) is 0 Å². The molecule has 2 aliphatic rings. The number of aromatic nitrogens is 5. The number of imidazole rings is 1. The van der Waals surface area contributed by atoms with Crippen molar-refractivity contribution in [1.29, 1.82) is 0 Å². The third-order valence-electron chi connectivity index (χ3n) is 6.37. The molecule has 1 aromatic carbocycles. The summed E-state index contributed by atoms with van der Waals surface area (Å²) in [4.78, 5) is 11.8. The number of fused-ring (bicyclic) bond motifs is 4. The van der Waals surface area contributed by atoms with Crippen LogP contribution in [0.3, 0.4) is 0 Å². The fourth-order valence-electron chi connectivity index (χ4n) is 4.91. The zero-order valence-electron chi connectivity index (χ0n) is 16.2. The van der Waals surface area contributed by atoms with E-state index in [9.17, 15) is 4.39 Å². The molecule has 0 radical (unpaired) electrons. The number of halogens is 1. The van der Waals surface area contributed by atoms with Crippen LogP contribution in [0.15, 0.2) is 48.9 Å². The summed E-state index contributed by atoms with van der Waals surface area (Å²) in [6, 6.07) is 10.7. The van der Waals surface area contributed by atoms with Crippen molar-refractivity contribution in [3.63, 3.8) is 0 Å². The summed E-state index contributed by atoms with van der Waals surface area (Å²) in [5, 5.41) is 4.30. The fourth-order valence-corrected chi connectivity index (χ4v) is 4.91. The van der Waals surface area contributed by atoms with E-state index >= 15 is 0 Å². The van der Waals surface area contributed by atoms with E-state index in [1.807, 2.05) is 24.4 Å². The molecule has 29 heavy (non-hydrogen) atoms. The standard InChI is InChI=1S/C22H21FN6/c1-27-9-8-15-10-28-21(16-4-7-19-24-13-25-29(19)11-16)20(26-22(28)18(15)12-27)14-2-5-17(23)6-3-14/h2-7,11,13,15,18H,8-10,12H2,1H3. The molecule has 0 aliphatic carbocycles. The van der Waals surface area contributed by atoms with Crippen LogP contribution in [0.2, 0.25) is 0 Å². The van der Waals surface area contributed by atoms with Crippen LogP contribution < -0.4 is 0 Å². The van der Waals surface area contributed by atoms with Gasteiger partial charge in [-0.05, 0) is 62.3 Å². The second kappa shape index (κ2) is 6.22. The molecule has 0 N–H and O–H groups in total. The average molecular weight is 388 g/mol. The maximum Gasteiger partial charge on any atom is 0.155 e. The molecule has 146 valence electrons. The summed E-state index contributed by atoms with van der Waals surface area (Å²) in [5.74, 6) is 1.98. The molecule has 0 amide bonds. The van der Waals surface area contributed by atoms with Crippen LogP contribution in [0.4, 0.5) is 4.39 Å². The highest BCUT2D eigenvalue weighted by Crippen LogP contribution is 2.44. The Morgan fingerprint density at radius 2 is 1.86 bits per heavy atom. The minimum atomic E-state index is -0.236. The fraction of sp³-hybridized carbons (Fsp3) is 0.318. The number of rotatable bonds is 2. The Hall–Kier alpha value is -3.06. The first kappa shape index (κ1) is 16.9. The monoisotopic (exact) mass is 388 g/mol. The number of piperidine rings is 1. The predicted octanol–water partition coefficient (Wildman–Crippen LogP) is 3.45. The Morgan fingerprint density at radius 3 is 2.72 bits per heavy atom. The van der Waals surface area contributed by atoms with Crippen molar-refractivity contribution in [2.45, 2.75) is 18.9 Å². The van der Waals surface area contributed by atoms with Gasteiger partial charge in [-0.2, -0.15) is 5.10 Å². The van der Waals surface area contributed by atoms with Gasteiger partial charge in [0.1, 0.15) is 18.0 Å². The molecule has 4 aromatic rings.